The molecular formula is C9H5Cl2FS. The van der Waals surface area contributed by atoms with Crippen molar-refractivity contribution in [2.45, 2.75) is 5.88 Å². The normalized spacial score (nSPS) is 11.0. The van der Waals surface area contributed by atoms with Gasteiger partial charge in [-0.2, -0.15) is 4.39 Å². The third kappa shape index (κ3) is 1.66. The van der Waals surface area contributed by atoms with Gasteiger partial charge in [0.1, 0.15) is 0 Å². The predicted molar refractivity (Wildman–Crippen MR) is 56.4 cm³/mol. The van der Waals surface area contributed by atoms with Crippen LogP contribution in [0, 0.1) is 5.13 Å². The quantitative estimate of drug-likeness (QED) is 0.641. The van der Waals surface area contributed by atoms with E-state index in [1.54, 1.807) is 6.07 Å². The van der Waals surface area contributed by atoms with Crippen molar-refractivity contribution in [1.82, 2.24) is 0 Å². The monoisotopic (exact) mass is 234 g/mol. The summed E-state index contributed by atoms with van der Waals surface area (Å²) in [6.07, 6.45) is 0. The van der Waals surface area contributed by atoms with Crippen LogP contribution in [0.4, 0.5) is 4.39 Å². The number of alkyl halides is 1. The molecule has 2 aromatic rings. The topological polar surface area (TPSA) is 0 Å². The molecule has 0 aliphatic carbocycles. The minimum Gasteiger partial charge on any atom is -0.195 e. The molecule has 0 N–H and O–H groups in total. The van der Waals surface area contributed by atoms with E-state index >= 15 is 0 Å². The maximum Gasteiger partial charge on any atom is 0.177 e. The molecule has 0 nitrogen and oxygen atoms in total. The van der Waals surface area contributed by atoms with Gasteiger partial charge >= 0.3 is 0 Å². The standard InChI is InChI=1S/C9H5Cl2FS/c10-4-6-1-5-2-9(12)13-8(5)3-7(6)11/h1-3H,4H2. The van der Waals surface area contributed by atoms with Crippen LogP contribution in [0.5, 0.6) is 0 Å². The van der Waals surface area contributed by atoms with Crippen LogP contribution in [0.2, 0.25) is 5.02 Å². The molecule has 0 amide bonds. The van der Waals surface area contributed by atoms with Gasteiger partial charge in [0.05, 0.1) is 0 Å². The van der Waals surface area contributed by atoms with E-state index < -0.39 is 0 Å². The van der Waals surface area contributed by atoms with Gasteiger partial charge in [0, 0.05) is 15.6 Å². The zero-order valence-corrected chi connectivity index (χ0v) is 8.81. The smallest absolute Gasteiger partial charge is 0.177 e. The minimum atomic E-state index is -0.196. The molecule has 0 bridgehead atoms. The van der Waals surface area contributed by atoms with Gasteiger partial charge in [0.2, 0.25) is 0 Å². The Labute approximate surface area is 88.9 Å². The molecule has 1 aromatic heterocycles. The molecule has 0 aliphatic rings. The minimum absolute atomic E-state index is 0.196. The molecule has 0 saturated heterocycles. The van der Waals surface area contributed by atoms with Gasteiger partial charge in [-0.3, -0.25) is 0 Å². The van der Waals surface area contributed by atoms with E-state index in [9.17, 15) is 4.39 Å². The highest BCUT2D eigenvalue weighted by Crippen LogP contribution is 2.30. The summed E-state index contributed by atoms with van der Waals surface area (Å²) in [5.74, 6) is 0.353. The van der Waals surface area contributed by atoms with E-state index in [2.05, 4.69) is 0 Å². The lowest BCUT2D eigenvalue weighted by Crippen LogP contribution is -1.78. The molecule has 68 valence electrons. The van der Waals surface area contributed by atoms with Gasteiger partial charge in [0.15, 0.2) is 5.13 Å². The second-order valence-electron chi connectivity index (χ2n) is 2.67. The van der Waals surface area contributed by atoms with Crippen LogP contribution < -0.4 is 0 Å². The third-order valence-corrected chi connectivity index (χ3v) is 3.33. The van der Waals surface area contributed by atoms with Crippen molar-refractivity contribution in [3.05, 3.63) is 33.9 Å². The number of rotatable bonds is 1. The summed E-state index contributed by atoms with van der Waals surface area (Å²) in [6.45, 7) is 0. The summed E-state index contributed by atoms with van der Waals surface area (Å²) in [6, 6.07) is 5.07. The zero-order valence-electron chi connectivity index (χ0n) is 6.48. The summed E-state index contributed by atoms with van der Waals surface area (Å²) in [4.78, 5) is 0. The number of halogens is 3. The van der Waals surface area contributed by atoms with Crippen molar-refractivity contribution >= 4 is 44.6 Å². The number of fused-ring (bicyclic) bond motifs is 1. The lowest BCUT2D eigenvalue weighted by molar-refractivity contribution is 0.658. The fraction of sp³-hybridized carbons (Fsp3) is 0.111. The van der Waals surface area contributed by atoms with Crippen LogP contribution in [-0.4, -0.2) is 0 Å². The first-order valence-corrected chi connectivity index (χ1v) is 5.37. The van der Waals surface area contributed by atoms with E-state index in [-0.39, 0.29) is 5.13 Å². The lowest BCUT2D eigenvalue weighted by atomic mass is 10.2. The van der Waals surface area contributed by atoms with Crippen LogP contribution in [0.3, 0.4) is 0 Å². The van der Waals surface area contributed by atoms with Crippen molar-refractivity contribution < 1.29 is 4.39 Å². The first kappa shape index (κ1) is 9.25. The second-order valence-corrected chi connectivity index (χ2v) is 4.37. The zero-order chi connectivity index (χ0) is 9.42. The number of thiophene rings is 1. The molecule has 0 saturated carbocycles. The first-order valence-electron chi connectivity index (χ1n) is 3.64. The Bertz CT molecular complexity index is 450. The average molecular weight is 235 g/mol. The first-order chi connectivity index (χ1) is 6.20. The van der Waals surface area contributed by atoms with Crippen LogP contribution in [-0.2, 0) is 5.88 Å². The van der Waals surface area contributed by atoms with Crippen molar-refractivity contribution in [3.8, 4) is 0 Å². The van der Waals surface area contributed by atoms with Crippen molar-refractivity contribution in [2.24, 2.45) is 0 Å². The SMILES string of the molecule is Fc1cc2cc(CCl)c(Cl)cc2s1. The molecule has 1 heterocycles. The Balaban J connectivity index is 2.72. The molecule has 0 aliphatic heterocycles. The van der Waals surface area contributed by atoms with Gasteiger partial charge < -0.3 is 0 Å². The molecule has 0 spiro atoms. The third-order valence-electron chi connectivity index (χ3n) is 1.80. The van der Waals surface area contributed by atoms with E-state index in [1.807, 2.05) is 6.07 Å². The number of hydrogen-bond acceptors (Lipinski definition) is 1. The Kier molecular flexibility index (Phi) is 2.45. The fourth-order valence-corrected chi connectivity index (χ4v) is 2.57. The Morgan fingerprint density at radius 1 is 1.31 bits per heavy atom. The van der Waals surface area contributed by atoms with Crippen LogP contribution in [0.1, 0.15) is 5.56 Å². The van der Waals surface area contributed by atoms with Gasteiger partial charge in [-0.05, 0) is 29.1 Å². The summed E-state index contributed by atoms with van der Waals surface area (Å²) >= 11 is 12.7. The summed E-state index contributed by atoms with van der Waals surface area (Å²) in [7, 11) is 0. The van der Waals surface area contributed by atoms with Gasteiger partial charge in [-0.15, -0.1) is 22.9 Å². The van der Waals surface area contributed by atoms with Crippen LogP contribution in [0.25, 0.3) is 10.1 Å². The molecular weight excluding hydrogens is 230 g/mol. The molecule has 0 unspecified atom stereocenters. The maximum absolute atomic E-state index is 12.8. The Hall–Kier alpha value is -0.310. The van der Waals surface area contributed by atoms with Gasteiger partial charge in [0.25, 0.3) is 0 Å². The van der Waals surface area contributed by atoms with E-state index in [1.165, 1.54) is 6.07 Å². The molecule has 0 radical (unpaired) electrons. The molecule has 13 heavy (non-hydrogen) atoms. The largest absolute Gasteiger partial charge is 0.195 e. The average Bonchev–Trinajstić information content (AvgIpc) is 2.42. The summed E-state index contributed by atoms with van der Waals surface area (Å²) in [5, 5.41) is 1.27. The van der Waals surface area contributed by atoms with Crippen LogP contribution >= 0.6 is 34.5 Å². The highest BCUT2D eigenvalue weighted by Gasteiger charge is 2.05. The Morgan fingerprint density at radius 2 is 2.08 bits per heavy atom. The van der Waals surface area contributed by atoms with E-state index in [0.717, 1.165) is 27.0 Å². The molecule has 4 heteroatoms. The second kappa shape index (κ2) is 3.45. The highest BCUT2D eigenvalue weighted by atomic mass is 35.5. The fourth-order valence-electron chi connectivity index (χ4n) is 1.18. The molecule has 0 fully saturated rings. The predicted octanol–water partition coefficient (Wildman–Crippen LogP) is 4.43. The number of benzene rings is 1. The molecule has 2 rings (SSSR count). The summed E-state index contributed by atoms with van der Waals surface area (Å²) in [5.41, 5.74) is 0.841. The maximum atomic E-state index is 12.8. The summed E-state index contributed by atoms with van der Waals surface area (Å²) < 4.78 is 13.7. The van der Waals surface area contributed by atoms with Gasteiger partial charge in [-0.1, -0.05) is 11.6 Å². The van der Waals surface area contributed by atoms with E-state index in [0.29, 0.717) is 10.9 Å². The highest BCUT2D eigenvalue weighted by molar-refractivity contribution is 7.17. The molecule has 1 aromatic carbocycles. The van der Waals surface area contributed by atoms with Crippen LogP contribution in [0.15, 0.2) is 18.2 Å². The molecule has 0 atom stereocenters. The van der Waals surface area contributed by atoms with Gasteiger partial charge in [-0.25, -0.2) is 0 Å². The van der Waals surface area contributed by atoms with Crippen molar-refractivity contribution in [2.75, 3.05) is 0 Å². The van der Waals surface area contributed by atoms with Crippen molar-refractivity contribution in [1.29, 1.82) is 0 Å². The van der Waals surface area contributed by atoms with Crippen molar-refractivity contribution in [3.63, 3.8) is 0 Å². The van der Waals surface area contributed by atoms with E-state index in [4.69, 9.17) is 23.2 Å². The Morgan fingerprint density at radius 3 is 2.77 bits per heavy atom. The lowest BCUT2D eigenvalue weighted by Gasteiger charge is -1.98. The number of hydrogen-bond donors (Lipinski definition) is 0.